The molecule has 4 N–H and O–H groups in total. The Morgan fingerprint density at radius 2 is 1.02 bits per heavy atom. The second kappa shape index (κ2) is 18.8. The first-order valence-corrected chi connectivity index (χ1v) is 21.3. The number of carbonyl (C=O) groups is 2. The van der Waals surface area contributed by atoms with Gasteiger partial charge in [-0.1, -0.05) is 27.7 Å². The Morgan fingerprint density at radius 1 is 0.645 bits per heavy atom. The largest absolute Gasteiger partial charge is 0.618 e. The van der Waals surface area contributed by atoms with Gasteiger partial charge in [0.1, 0.15) is 11.5 Å². The van der Waals surface area contributed by atoms with Crippen LogP contribution in [0.2, 0.25) is 0 Å². The molecule has 0 aliphatic heterocycles. The molecule has 2 aliphatic carbocycles. The van der Waals surface area contributed by atoms with Crippen LogP contribution < -0.4 is 29.6 Å². The third kappa shape index (κ3) is 9.45. The number of rotatable bonds is 10. The highest BCUT2D eigenvalue weighted by atomic mass is 16.5. The Balaban J connectivity index is 0.000000186. The van der Waals surface area contributed by atoms with Crippen LogP contribution in [-0.2, 0) is 0 Å². The van der Waals surface area contributed by atoms with E-state index in [1.165, 1.54) is 26.4 Å². The fourth-order valence-electron chi connectivity index (χ4n) is 8.28. The number of nitrogens with zero attached hydrogens (tertiary/aromatic N) is 6. The number of ether oxygens (including phenoxy) is 2. The van der Waals surface area contributed by atoms with Crippen molar-refractivity contribution >= 4 is 45.0 Å². The molecule has 2 aromatic carbocycles. The SMILES string of the molecule is COc1cc2nn(C3CCC(O)CC3)cc2cc1NC(=O)c1cccc(C(C)C)[n+]1[O-].COc1cc2nn(C3CCC(O)CC3)cc2cc1NC(=O)c1cccc(C(C)C)[n+]1[O-]. The monoisotopic (exact) mass is 848 g/mol. The van der Waals surface area contributed by atoms with Gasteiger partial charge in [-0.05, 0) is 75.6 Å². The molecule has 0 bridgehead atoms. The highest BCUT2D eigenvalue weighted by molar-refractivity contribution is 6.05. The van der Waals surface area contributed by atoms with Gasteiger partial charge in [-0.15, -0.1) is 0 Å². The van der Waals surface area contributed by atoms with E-state index < -0.39 is 11.8 Å². The number of hydrogen-bond donors (Lipinski definition) is 4. The number of fused-ring (bicyclic) bond motifs is 2. The molecule has 0 unspecified atom stereocenters. The Bertz CT molecular complexity index is 2380. The van der Waals surface area contributed by atoms with Crippen molar-refractivity contribution in [3.8, 4) is 11.5 Å². The highest BCUT2D eigenvalue weighted by Gasteiger charge is 2.26. The van der Waals surface area contributed by atoms with Crippen LogP contribution >= 0.6 is 0 Å². The molecule has 2 amide bonds. The van der Waals surface area contributed by atoms with Crippen LogP contribution in [0, 0.1) is 10.4 Å². The number of carbonyl (C=O) groups excluding carboxylic acids is 2. The maximum Gasteiger partial charge on any atom is 0.321 e. The van der Waals surface area contributed by atoms with Gasteiger partial charge in [0.25, 0.3) is 11.4 Å². The lowest BCUT2D eigenvalue weighted by Gasteiger charge is -2.25. The summed E-state index contributed by atoms with van der Waals surface area (Å²) in [5.74, 6) is -0.0383. The quantitative estimate of drug-likeness (QED) is 0.0816. The van der Waals surface area contributed by atoms with Crippen LogP contribution in [0.25, 0.3) is 21.8 Å². The fraction of sp³-hybridized carbons (Fsp3) is 0.435. The van der Waals surface area contributed by atoms with E-state index in [1.807, 2.05) is 61.6 Å². The molecule has 2 aliphatic rings. The van der Waals surface area contributed by atoms with Crippen LogP contribution in [0.3, 0.4) is 0 Å². The molecule has 0 spiro atoms. The Labute approximate surface area is 360 Å². The molecule has 4 aromatic heterocycles. The zero-order valence-electron chi connectivity index (χ0n) is 36.1. The van der Waals surface area contributed by atoms with E-state index in [-0.39, 0.29) is 47.5 Å². The lowest BCUT2D eigenvalue weighted by Crippen LogP contribution is -2.41. The van der Waals surface area contributed by atoms with Crippen LogP contribution in [-0.4, -0.2) is 68.0 Å². The molecule has 4 heterocycles. The Morgan fingerprint density at radius 3 is 1.35 bits per heavy atom. The zero-order chi connectivity index (χ0) is 44.2. The van der Waals surface area contributed by atoms with Crippen molar-refractivity contribution in [1.82, 2.24) is 19.6 Å². The number of benzene rings is 2. The molecule has 8 rings (SSSR count). The van der Waals surface area contributed by atoms with Crippen molar-refractivity contribution in [2.45, 2.75) is 115 Å². The summed E-state index contributed by atoms with van der Waals surface area (Å²) in [6, 6.07) is 17.6. The summed E-state index contributed by atoms with van der Waals surface area (Å²) in [6.07, 6.45) is 10.1. The number of hydrogen-bond acceptors (Lipinski definition) is 10. The topological polar surface area (TPSA) is 207 Å². The minimum Gasteiger partial charge on any atom is -0.618 e. The lowest BCUT2D eigenvalue weighted by atomic mass is 9.93. The number of amides is 2. The number of aliphatic hydroxyl groups is 2. The smallest absolute Gasteiger partial charge is 0.321 e. The number of aromatic nitrogens is 6. The Hall–Kier alpha value is -6.26. The highest BCUT2D eigenvalue weighted by Crippen LogP contribution is 2.35. The first-order valence-electron chi connectivity index (χ1n) is 21.3. The molecule has 2 saturated carbocycles. The summed E-state index contributed by atoms with van der Waals surface area (Å²) in [7, 11) is 3.06. The van der Waals surface area contributed by atoms with Crippen molar-refractivity contribution in [3.05, 3.63) is 106 Å². The second-order valence-electron chi connectivity index (χ2n) is 16.8. The number of aliphatic hydroxyl groups excluding tert-OH is 2. The van der Waals surface area contributed by atoms with E-state index in [2.05, 4.69) is 20.8 Å². The predicted molar refractivity (Wildman–Crippen MR) is 234 cm³/mol. The molecule has 6 aromatic rings. The molecular weight excluding hydrogens is 793 g/mol. The molecule has 62 heavy (non-hydrogen) atoms. The summed E-state index contributed by atoms with van der Waals surface area (Å²) < 4.78 is 16.2. The van der Waals surface area contributed by atoms with Gasteiger partial charge in [0.2, 0.25) is 0 Å². The van der Waals surface area contributed by atoms with Crippen LogP contribution in [0.4, 0.5) is 11.4 Å². The minimum atomic E-state index is -0.496. The van der Waals surface area contributed by atoms with Gasteiger partial charge in [-0.2, -0.15) is 19.7 Å². The summed E-state index contributed by atoms with van der Waals surface area (Å²) in [4.78, 5) is 25.7. The van der Waals surface area contributed by atoms with Crippen LogP contribution in [0.5, 0.6) is 11.5 Å². The maximum atomic E-state index is 12.9. The van der Waals surface area contributed by atoms with E-state index in [9.17, 15) is 30.2 Å². The summed E-state index contributed by atoms with van der Waals surface area (Å²) in [5.41, 5.74) is 3.63. The molecule has 328 valence electrons. The first kappa shape index (κ1) is 43.8. The molecular formula is C46H56N8O8. The van der Waals surface area contributed by atoms with Crippen LogP contribution in [0.15, 0.2) is 73.1 Å². The fourth-order valence-corrected chi connectivity index (χ4v) is 8.28. The summed E-state index contributed by atoms with van der Waals surface area (Å²) in [5, 5.41) is 61.4. The van der Waals surface area contributed by atoms with Gasteiger partial charge in [-0.25, -0.2) is 0 Å². The zero-order valence-corrected chi connectivity index (χ0v) is 36.1. The van der Waals surface area contributed by atoms with Gasteiger partial charge >= 0.3 is 11.8 Å². The Kier molecular flexibility index (Phi) is 13.3. The van der Waals surface area contributed by atoms with E-state index in [1.54, 1.807) is 36.4 Å². The summed E-state index contributed by atoms with van der Waals surface area (Å²) >= 11 is 0. The lowest BCUT2D eigenvalue weighted by molar-refractivity contribution is -0.617. The first-order chi connectivity index (χ1) is 29.7. The minimum absolute atomic E-state index is 0.00266. The van der Waals surface area contributed by atoms with E-state index in [4.69, 9.17) is 9.47 Å². The molecule has 16 nitrogen and oxygen atoms in total. The van der Waals surface area contributed by atoms with E-state index >= 15 is 0 Å². The second-order valence-corrected chi connectivity index (χ2v) is 16.8. The summed E-state index contributed by atoms with van der Waals surface area (Å²) in [6.45, 7) is 7.64. The van der Waals surface area contributed by atoms with Gasteiger partial charge in [0.15, 0.2) is 11.4 Å². The van der Waals surface area contributed by atoms with E-state index in [0.29, 0.717) is 43.7 Å². The number of methoxy groups -OCH3 is 2. The molecule has 0 radical (unpaired) electrons. The van der Waals surface area contributed by atoms with Crippen molar-refractivity contribution in [2.24, 2.45) is 0 Å². The standard InChI is InChI=1S/2C23H28N4O4/c2*1-14(2)20-5-4-6-21(27(20)30)23(29)24-19-11-15-13-26(16-7-9-17(28)10-8-16)25-18(15)12-22(19)31-3/h2*4-6,11-14,16-17,28H,7-10H2,1-3H3,(H,24,29). The van der Waals surface area contributed by atoms with Crippen molar-refractivity contribution in [2.75, 3.05) is 24.9 Å². The number of anilines is 2. The molecule has 16 heteroatoms. The van der Waals surface area contributed by atoms with Crippen molar-refractivity contribution < 1.29 is 38.7 Å². The molecule has 2 fully saturated rings. The average Bonchev–Trinajstić information content (AvgIpc) is 3.87. The van der Waals surface area contributed by atoms with Crippen molar-refractivity contribution in [1.29, 1.82) is 0 Å². The average molecular weight is 849 g/mol. The normalized spacial score (nSPS) is 19.0. The molecule has 0 atom stereocenters. The van der Waals surface area contributed by atoms with Gasteiger partial charge in [-0.3, -0.25) is 19.0 Å². The van der Waals surface area contributed by atoms with E-state index in [0.717, 1.165) is 73.2 Å². The maximum absolute atomic E-state index is 12.9. The number of nitrogens with one attached hydrogen (secondary N) is 2. The predicted octanol–water partition coefficient (Wildman–Crippen LogP) is 7.06. The third-order valence-corrected chi connectivity index (χ3v) is 11.9. The van der Waals surface area contributed by atoms with Gasteiger partial charge in [0.05, 0.1) is 60.9 Å². The van der Waals surface area contributed by atoms with Gasteiger partial charge in [0, 0.05) is 71.4 Å². The van der Waals surface area contributed by atoms with Gasteiger partial charge < -0.3 is 40.7 Å². The van der Waals surface area contributed by atoms with Crippen molar-refractivity contribution in [3.63, 3.8) is 0 Å². The van der Waals surface area contributed by atoms with Crippen LogP contribution in [0.1, 0.15) is 135 Å². The number of pyridine rings is 2. The molecule has 0 saturated heterocycles. The third-order valence-electron chi connectivity index (χ3n) is 11.9.